The Bertz CT molecular complexity index is 1150. The summed E-state index contributed by atoms with van der Waals surface area (Å²) in [4.78, 5) is 11.8. The maximum Gasteiger partial charge on any atom is 0.267 e. The molecule has 0 fully saturated rings. The summed E-state index contributed by atoms with van der Waals surface area (Å²) >= 11 is 0. The van der Waals surface area contributed by atoms with Gasteiger partial charge in [0.1, 0.15) is 0 Å². The summed E-state index contributed by atoms with van der Waals surface area (Å²) in [6, 6.07) is 12.4. The molecule has 8 heteroatoms. The molecule has 0 aliphatic carbocycles. The van der Waals surface area contributed by atoms with Crippen molar-refractivity contribution in [1.82, 2.24) is 0 Å². The van der Waals surface area contributed by atoms with Crippen LogP contribution in [0.3, 0.4) is 0 Å². The Morgan fingerprint density at radius 1 is 1.33 bits per heavy atom. The summed E-state index contributed by atoms with van der Waals surface area (Å²) < 4.78 is 32.5. The molecule has 1 aliphatic rings. The Balaban J connectivity index is 2.08. The van der Waals surface area contributed by atoms with Crippen molar-refractivity contribution in [1.29, 1.82) is 5.26 Å². The number of nitrogens with two attached hydrogens (primary N) is 1. The van der Waals surface area contributed by atoms with E-state index in [-0.39, 0.29) is 17.9 Å². The van der Waals surface area contributed by atoms with Gasteiger partial charge in [0.2, 0.25) is 5.91 Å². The molecule has 3 rings (SSSR count). The standard InChI is InChI=1S/C22H25N3O4S/c1-13(30(27,28)29)8-15-5-6-16(21(24)26)10-17(15)20-11-22(2,3)18-9-14(12-23)4-7-19(18)25-20/h4-7,9-10,13,20,25H,8,11H2,1-3H3,(H2,24,26)(H,27,28,29). The van der Waals surface area contributed by atoms with E-state index < -0.39 is 21.3 Å². The molecule has 0 spiro atoms. The van der Waals surface area contributed by atoms with Gasteiger partial charge in [0.15, 0.2) is 0 Å². The normalized spacial score (nSPS) is 18.6. The highest BCUT2D eigenvalue weighted by Gasteiger charge is 2.35. The zero-order valence-corrected chi connectivity index (χ0v) is 18.0. The quantitative estimate of drug-likeness (QED) is 0.627. The second-order valence-corrected chi connectivity index (χ2v) is 10.3. The third-order valence-corrected chi connectivity index (χ3v) is 6.93. The molecule has 0 saturated heterocycles. The van der Waals surface area contributed by atoms with E-state index in [1.807, 2.05) is 12.1 Å². The lowest BCUT2D eigenvalue weighted by atomic mass is 9.73. The summed E-state index contributed by atoms with van der Waals surface area (Å²) in [5, 5.41) is 11.7. The molecule has 1 aliphatic heterocycles. The highest BCUT2D eigenvalue weighted by atomic mass is 32.2. The maximum atomic E-state index is 11.8. The van der Waals surface area contributed by atoms with E-state index >= 15 is 0 Å². The van der Waals surface area contributed by atoms with Crippen LogP contribution in [0.25, 0.3) is 0 Å². The van der Waals surface area contributed by atoms with E-state index in [0.29, 0.717) is 17.5 Å². The van der Waals surface area contributed by atoms with Gasteiger partial charge in [0.25, 0.3) is 10.1 Å². The van der Waals surface area contributed by atoms with Crippen molar-refractivity contribution in [3.8, 4) is 6.07 Å². The van der Waals surface area contributed by atoms with Gasteiger partial charge in [0, 0.05) is 11.3 Å². The molecule has 7 nitrogen and oxygen atoms in total. The third kappa shape index (κ3) is 4.32. The Labute approximate surface area is 176 Å². The summed E-state index contributed by atoms with van der Waals surface area (Å²) in [6.07, 6.45) is 0.760. The predicted molar refractivity (Wildman–Crippen MR) is 115 cm³/mol. The lowest BCUT2D eigenvalue weighted by molar-refractivity contribution is 0.1000. The zero-order valence-electron chi connectivity index (χ0n) is 17.1. The minimum absolute atomic E-state index is 0.103. The van der Waals surface area contributed by atoms with Gasteiger partial charge in [0.05, 0.1) is 22.9 Å². The number of anilines is 1. The molecule has 2 unspecified atom stereocenters. The van der Waals surface area contributed by atoms with Crippen molar-refractivity contribution in [3.05, 3.63) is 64.2 Å². The van der Waals surface area contributed by atoms with Crippen LogP contribution in [0.5, 0.6) is 0 Å². The Hall–Kier alpha value is -2.89. The number of primary amides is 1. The second kappa shape index (κ2) is 7.74. The average molecular weight is 428 g/mol. The number of hydrogen-bond donors (Lipinski definition) is 3. The van der Waals surface area contributed by atoms with Crippen molar-refractivity contribution < 1.29 is 17.8 Å². The highest BCUT2D eigenvalue weighted by molar-refractivity contribution is 7.86. The summed E-state index contributed by atoms with van der Waals surface area (Å²) in [5.74, 6) is -0.570. The number of carbonyl (C=O) groups is 1. The van der Waals surface area contributed by atoms with Gasteiger partial charge >= 0.3 is 0 Å². The van der Waals surface area contributed by atoms with Crippen molar-refractivity contribution in [3.63, 3.8) is 0 Å². The summed E-state index contributed by atoms with van der Waals surface area (Å²) in [5.41, 5.74) is 9.51. The van der Waals surface area contributed by atoms with Crippen molar-refractivity contribution in [2.45, 2.75) is 50.3 Å². The number of carbonyl (C=O) groups excluding carboxylic acids is 1. The molecule has 1 amide bonds. The van der Waals surface area contributed by atoms with E-state index in [1.165, 1.54) is 6.92 Å². The average Bonchev–Trinajstić information content (AvgIpc) is 2.66. The molecule has 2 aromatic rings. The van der Waals surface area contributed by atoms with E-state index in [9.17, 15) is 23.0 Å². The number of nitrogens with zero attached hydrogens (tertiary/aromatic N) is 1. The first-order valence-electron chi connectivity index (χ1n) is 9.62. The molecule has 0 bridgehead atoms. The summed E-state index contributed by atoms with van der Waals surface area (Å²) in [7, 11) is -4.20. The Morgan fingerprint density at radius 2 is 2.03 bits per heavy atom. The molecule has 30 heavy (non-hydrogen) atoms. The van der Waals surface area contributed by atoms with E-state index in [4.69, 9.17) is 5.73 Å². The van der Waals surface area contributed by atoms with Gasteiger partial charge in [-0.3, -0.25) is 9.35 Å². The zero-order chi connectivity index (χ0) is 22.3. The Morgan fingerprint density at radius 3 is 2.63 bits per heavy atom. The molecule has 4 N–H and O–H groups in total. The first kappa shape index (κ1) is 21.8. The molecule has 2 atom stereocenters. The molecular weight excluding hydrogens is 402 g/mol. The number of benzene rings is 2. The number of hydrogen-bond acceptors (Lipinski definition) is 5. The number of fused-ring (bicyclic) bond motifs is 1. The molecule has 1 heterocycles. The number of nitriles is 1. The van der Waals surface area contributed by atoms with E-state index in [1.54, 1.807) is 24.3 Å². The van der Waals surface area contributed by atoms with Crippen LogP contribution in [0.4, 0.5) is 5.69 Å². The summed E-state index contributed by atoms with van der Waals surface area (Å²) in [6.45, 7) is 5.61. The van der Waals surface area contributed by atoms with Crippen LogP contribution in [0, 0.1) is 11.3 Å². The van der Waals surface area contributed by atoms with Crippen LogP contribution in [-0.4, -0.2) is 24.1 Å². The van der Waals surface area contributed by atoms with Crippen LogP contribution in [0.15, 0.2) is 36.4 Å². The topological polar surface area (TPSA) is 133 Å². The lowest BCUT2D eigenvalue weighted by Crippen LogP contribution is -2.32. The fourth-order valence-corrected chi connectivity index (χ4v) is 4.41. The SMILES string of the molecule is CC(Cc1ccc(C(N)=O)cc1C1CC(C)(C)c2cc(C#N)ccc2N1)S(=O)(=O)O. The van der Waals surface area contributed by atoms with Crippen molar-refractivity contribution in [2.75, 3.05) is 5.32 Å². The molecule has 0 radical (unpaired) electrons. The van der Waals surface area contributed by atoms with Crippen LogP contribution in [-0.2, 0) is 22.0 Å². The van der Waals surface area contributed by atoms with Gasteiger partial charge in [-0.1, -0.05) is 19.9 Å². The third-order valence-electron chi connectivity index (χ3n) is 5.74. The fourth-order valence-electron chi connectivity index (χ4n) is 4.02. The lowest BCUT2D eigenvalue weighted by Gasteiger charge is -2.39. The number of amides is 1. The van der Waals surface area contributed by atoms with E-state index in [2.05, 4.69) is 25.2 Å². The molecular formula is C22H25N3O4S. The monoisotopic (exact) mass is 427 g/mol. The highest BCUT2D eigenvalue weighted by Crippen LogP contribution is 2.45. The largest absolute Gasteiger partial charge is 0.378 e. The minimum atomic E-state index is -4.20. The number of rotatable bonds is 5. The second-order valence-electron chi connectivity index (χ2n) is 8.46. The van der Waals surface area contributed by atoms with Gasteiger partial charge in [-0.2, -0.15) is 13.7 Å². The van der Waals surface area contributed by atoms with Crippen LogP contribution < -0.4 is 11.1 Å². The van der Waals surface area contributed by atoms with Gasteiger partial charge < -0.3 is 11.1 Å². The predicted octanol–water partition coefficient (Wildman–Crippen LogP) is 3.31. The van der Waals surface area contributed by atoms with Crippen molar-refractivity contribution >= 4 is 21.7 Å². The van der Waals surface area contributed by atoms with Gasteiger partial charge in [-0.25, -0.2) is 0 Å². The number of nitrogens with one attached hydrogen (secondary N) is 1. The smallest absolute Gasteiger partial charge is 0.267 e. The minimum Gasteiger partial charge on any atom is -0.378 e. The van der Waals surface area contributed by atoms with Gasteiger partial charge in [-0.15, -0.1) is 0 Å². The van der Waals surface area contributed by atoms with Gasteiger partial charge in [-0.05, 0) is 72.2 Å². The van der Waals surface area contributed by atoms with Crippen LogP contribution in [0.2, 0.25) is 0 Å². The van der Waals surface area contributed by atoms with Crippen molar-refractivity contribution in [2.24, 2.45) is 5.73 Å². The molecule has 0 aromatic heterocycles. The first-order chi connectivity index (χ1) is 13.9. The van der Waals surface area contributed by atoms with Crippen LogP contribution in [0.1, 0.15) is 65.8 Å². The Kier molecular flexibility index (Phi) is 5.63. The fraction of sp³-hybridized carbons (Fsp3) is 0.364. The maximum absolute atomic E-state index is 11.8. The first-order valence-corrected chi connectivity index (χ1v) is 11.1. The van der Waals surface area contributed by atoms with E-state index in [0.717, 1.165) is 22.4 Å². The molecule has 2 aromatic carbocycles. The molecule has 0 saturated carbocycles. The van der Waals surface area contributed by atoms with Crippen LogP contribution >= 0.6 is 0 Å². The molecule has 158 valence electrons.